The Balaban J connectivity index is 1.39. The number of carbonyl (C=O) groups excluding carboxylic acids is 1. The van der Waals surface area contributed by atoms with E-state index in [1.165, 1.54) is 0 Å². The molecule has 4 aromatic rings. The molecular weight excluding hydrogens is 402 g/mol. The van der Waals surface area contributed by atoms with Gasteiger partial charge in [0.1, 0.15) is 18.1 Å². The Kier molecular flexibility index (Phi) is 5.68. The molecule has 4 rings (SSSR count). The number of halogens is 1. The first-order chi connectivity index (χ1) is 14.5. The van der Waals surface area contributed by atoms with E-state index >= 15 is 0 Å². The van der Waals surface area contributed by atoms with E-state index in [9.17, 15) is 4.79 Å². The van der Waals surface area contributed by atoms with Crippen LogP contribution >= 0.6 is 11.6 Å². The van der Waals surface area contributed by atoms with Crippen molar-refractivity contribution in [1.82, 2.24) is 10.1 Å². The number of aromatic nitrogens is 2. The minimum Gasteiger partial charge on any atom is -0.489 e. The molecule has 30 heavy (non-hydrogen) atoms. The molecule has 0 atom stereocenters. The second-order valence-electron chi connectivity index (χ2n) is 6.95. The van der Waals surface area contributed by atoms with E-state index in [4.69, 9.17) is 20.9 Å². The highest BCUT2D eigenvalue weighted by atomic mass is 35.5. The van der Waals surface area contributed by atoms with Crippen molar-refractivity contribution in [2.45, 2.75) is 26.9 Å². The largest absolute Gasteiger partial charge is 0.489 e. The standard InChI is InChI=1S/C23H20ClN3O3/c1-14-19(15(2)30-27-14)13-29-17-7-5-16(6-8-17)12-22(28)26-21-10-9-20(24)23-18(21)4-3-11-25-23/h3-11H,12-13H2,1-2H3,(H,26,28). The number of ether oxygens (including phenoxy) is 1. The van der Waals surface area contributed by atoms with Crippen LogP contribution in [0.2, 0.25) is 5.02 Å². The lowest BCUT2D eigenvalue weighted by Gasteiger charge is -2.10. The van der Waals surface area contributed by atoms with E-state index in [0.717, 1.165) is 28.0 Å². The molecule has 0 spiro atoms. The molecule has 0 unspecified atom stereocenters. The Hall–Kier alpha value is -3.38. The van der Waals surface area contributed by atoms with Gasteiger partial charge in [-0.3, -0.25) is 9.78 Å². The number of benzene rings is 2. The summed E-state index contributed by atoms with van der Waals surface area (Å²) in [5.74, 6) is 1.35. The molecule has 6 nitrogen and oxygen atoms in total. The Morgan fingerprint density at radius 3 is 2.67 bits per heavy atom. The summed E-state index contributed by atoms with van der Waals surface area (Å²) in [7, 11) is 0. The van der Waals surface area contributed by atoms with Crippen molar-refractivity contribution in [2.75, 3.05) is 5.32 Å². The van der Waals surface area contributed by atoms with E-state index < -0.39 is 0 Å². The lowest BCUT2D eigenvalue weighted by atomic mass is 10.1. The highest BCUT2D eigenvalue weighted by Crippen LogP contribution is 2.28. The number of pyridine rings is 1. The van der Waals surface area contributed by atoms with Crippen molar-refractivity contribution in [3.05, 3.63) is 82.3 Å². The van der Waals surface area contributed by atoms with Crippen LogP contribution in [0.25, 0.3) is 10.9 Å². The van der Waals surface area contributed by atoms with E-state index in [1.807, 2.05) is 50.2 Å². The predicted molar refractivity (Wildman–Crippen MR) is 116 cm³/mol. The summed E-state index contributed by atoms with van der Waals surface area (Å²) in [5, 5.41) is 8.23. The molecule has 2 heterocycles. The second-order valence-corrected chi connectivity index (χ2v) is 7.36. The van der Waals surface area contributed by atoms with Crippen molar-refractivity contribution in [1.29, 1.82) is 0 Å². The molecule has 0 aliphatic rings. The Morgan fingerprint density at radius 2 is 1.93 bits per heavy atom. The number of amides is 1. The van der Waals surface area contributed by atoms with Gasteiger partial charge in [-0.05, 0) is 55.8 Å². The fourth-order valence-electron chi connectivity index (χ4n) is 3.19. The molecule has 1 N–H and O–H groups in total. The van der Waals surface area contributed by atoms with Crippen LogP contribution in [0, 0.1) is 13.8 Å². The minimum atomic E-state index is -0.119. The number of nitrogens with one attached hydrogen (secondary N) is 1. The minimum absolute atomic E-state index is 0.119. The van der Waals surface area contributed by atoms with Crippen LogP contribution in [0.3, 0.4) is 0 Å². The number of rotatable bonds is 6. The molecule has 0 aliphatic heterocycles. The van der Waals surface area contributed by atoms with Crippen LogP contribution in [0.15, 0.2) is 59.3 Å². The highest BCUT2D eigenvalue weighted by Gasteiger charge is 2.11. The molecule has 0 bridgehead atoms. The summed E-state index contributed by atoms with van der Waals surface area (Å²) in [6.45, 7) is 4.13. The number of anilines is 1. The van der Waals surface area contributed by atoms with Gasteiger partial charge >= 0.3 is 0 Å². The molecule has 0 saturated carbocycles. The molecule has 7 heteroatoms. The van der Waals surface area contributed by atoms with Gasteiger partial charge in [-0.25, -0.2) is 0 Å². The molecular formula is C23H20ClN3O3. The van der Waals surface area contributed by atoms with Gasteiger partial charge in [0.25, 0.3) is 0 Å². The van der Waals surface area contributed by atoms with Crippen LogP contribution in [0.1, 0.15) is 22.6 Å². The van der Waals surface area contributed by atoms with E-state index in [-0.39, 0.29) is 12.3 Å². The summed E-state index contributed by atoms with van der Waals surface area (Å²) >= 11 is 6.19. The Bertz CT molecular complexity index is 1180. The van der Waals surface area contributed by atoms with E-state index in [1.54, 1.807) is 18.3 Å². The maximum absolute atomic E-state index is 12.5. The van der Waals surface area contributed by atoms with Crippen molar-refractivity contribution in [2.24, 2.45) is 0 Å². The summed E-state index contributed by atoms with van der Waals surface area (Å²) < 4.78 is 11.0. The second kappa shape index (κ2) is 8.55. The lowest BCUT2D eigenvalue weighted by Crippen LogP contribution is -2.14. The number of hydrogen-bond acceptors (Lipinski definition) is 5. The number of hydrogen-bond donors (Lipinski definition) is 1. The van der Waals surface area contributed by atoms with Crippen molar-refractivity contribution in [3.63, 3.8) is 0 Å². The zero-order valence-corrected chi connectivity index (χ0v) is 17.4. The number of fused-ring (bicyclic) bond motifs is 1. The molecule has 0 radical (unpaired) electrons. The van der Waals surface area contributed by atoms with Gasteiger partial charge in [0.05, 0.1) is 33.9 Å². The maximum Gasteiger partial charge on any atom is 0.228 e. The Labute approximate surface area is 178 Å². The van der Waals surface area contributed by atoms with Gasteiger partial charge in [-0.2, -0.15) is 0 Å². The van der Waals surface area contributed by atoms with Gasteiger partial charge < -0.3 is 14.6 Å². The molecule has 0 aliphatic carbocycles. The average molecular weight is 422 g/mol. The van der Waals surface area contributed by atoms with Crippen molar-refractivity contribution < 1.29 is 14.1 Å². The Morgan fingerprint density at radius 1 is 1.13 bits per heavy atom. The van der Waals surface area contributed by atoms with Crippen LogP contribution in [0.5, 0.6) is 5.75 Å². The maximum atomic E-state index is 12.5. The van der Waals surface area contributed by atoms with E-state index in [0.29, 0.717) is 28.6 Å². The normalized spacial score (nSPS) is 10.9. The average Bonchev–Trinajstić information content (AvgIpc) is 3.07. The van der Waals surface area contributed by atoms with Gasteiger partial charge in [-0.15, -0.1) is 0 Å². The van der Waals surface area contributed by atoms with Crippen molar-refractivity contribution in [3.8, 4) is 5.75 Å². The molecule has 152 valence electrons. The monoisotopic (exact) mass is 421 g/mol. The van der Waals surface area contributed by atoms with Gasteiger partial charge in [0, 0.05) is 11.6 Å². The SMILES string of the molecule is Cc1noc(C)c1COc1ccc(CC(=O)Nc2ccc(Cl)c3ncccc23)cc1. The predicted octanol–water partition coefficient (Wildman–Crippen LogP) is 5.25. The molecule has 2 aromatic heterocycles. The fourth-order valence-corrected chi connectivity index (χ4v) is 3.41. The molecule has 0 saturated heterocycles. The van der Waals surface area contributed by atoms with Crippen LogP contribution in [0.4, 0.5) is 5.69 Å². The number of carbonyl (C=O) groups is 1. The summed E-state index contributed by atoms with van der Waals surface area (Å²) in [6, 6.07) is 14.7. The number of nitrogens with zero attached hydrogens (tertiary/aromatic N) is 2. The zero-order chi connectivity index (χ0) is 21.1. The first-order valence-corrected chi connectivity index (χ1v) is 9.85. The third-order valence-electron chi connectivity index (χ3n) is 4.85. The van der Waals surface area contributed by atoms with Crippen LogP contribution in [-0.4, -0.2) is 16.0 Å². The zero-order valence-electron chi connectivity index (χ0n) is 16.6. The quantitative estimate of drug-likeness (QED) is 0.460. The summed E-state index contributed by atoms with van der Waals surface area (Å²) in [4.78, 5) is 16.8. The van der Waals surface area contributed by atoms with E-state index in [2.05, 4.69) is 15.5 Å². The summed E-state index contributed by atoms with van der Waals surface area (Å²) in [5.41, 5.74) is 4.01. The smallest absolute Gasteiger partial charge is 0.228 e. The molecule has 0 fully saturated rings. The van der Waals surface area contributed by atoms with Gasteiger partial charge in [-0.1, -0.05) is 28.9 Å². The molecule has 1 amide bonds. The van der Waals surface area contributed by atoms with Crippen LogP contribution < -0.4 is 10.1 Å². The highest BCUT2D eigenvalue weighted by molar-refractivity contribution is 6.35. The lowest BCUT2D eigenvalue weighted by molar-refractivity contribution is -0.115. The first kappa shape index (κ1) is 19.9. The topological polar surface area (TPSA) is 77.2 Å². The fraction of sp³-hybridized carbons (Fsp3) is 0.174. The van der Waals surface area contributed by atoms with Gasteiger partial charge in [0.2, 0.25) is 5.91 Å². The van der Waals surface area contributed by atoms with Crippen LogP contribution in [-0.2, 0) is 17.8 Å². The third-order valence-corrected chi connectivity index (χ3v) is 5.15. The first-order valence-electron chi connectivity index (χ1n) is 9.48. The van der Waals surface area contributed by atoms with Gasteiger partial charge in [0.15, 0.2) is 0 Å². The summed E-state index contributed by atoms with van der Waals surface area (Å²) in [6.07, 6.45) is 1.92. The third kappa shape index (κ3) is 4.28. The number of aryl methyl sites for hydroxylation is 2. The van der Waals surface area contributed by atoms with Crippen molar-refractivity contribution >= 4 is 34.1 Å². The molecule has 2 aromatic carbocycles.